The van der Waals surface area contributed by atoms with Crippen molar-refractivity contribution in [1.29, 1.82) is 0 Å². The first-order chi connectivity index (χ1) is 14.7. The van der Waals surface area contributed by atoms with E-state index in [2.05, 4.69) is 31.8 Å². The molecule has 166 valence electrons. The molecule has 2 rings (SSSR count). The number of nitrogens with zero attached hydrogens (tertiary/aromatic N) is 1. The highest BCUT2D eigenvalue weighted by Gasteiger charge is 2.22. The number of phenols is 1. The number of hydrazone groups is 1. The van der Waals surface area contributed by atoms with Gasteiger partial charge in [-0.1, -0.05) is 25.4 Å². The topological polar surface area (TPSA) is 100 Å². The van der Waals surface area contributed by atoms with Crippen molar-refractivity contribution in [3.8, 4) is 11.5 Å². The standard InChI is InChI=1S/C22H25BrClN3O4/c1-4-31-19-11-14(10-17(23)20(19)28)12-25-27-22(30)18(9-13(2)3)26-21(29)15-5-7-16(24)8-6-15/h5-8,10-13,18,28H,4,9H2,1-3H3,(H,26,29)(H,27,30)/b25-12+. The first-order valence-electron chi connectivity index (χ1n) is 9.75. The van der Waals surface area contributed by atoms with Crippen LogP contribution in [0.3, 0.4) is 0 Å². The summed E-state index contributed by atoms with van der Waals surface area (Å²) >= 11 is 9.12. The van der Waals surface area contributed by atoms with Crippen LogP contribution in [0.4, 0.5) is 0 Å². The number of carbonyl (C=O) groups is 2. The minimum Gasteiger partial charge on any atom is -0.503 e. The molecule has 1 atom stereocenters. The van der Waals surface area contributed by atoms with E-state index in [-0.39, 0.29) is 17.6 Å². The molecule has 7 nitrogen and oxygen atoms in total. The van der Waals surface area contributed by atoms with Gasteiger partial charge in [0.2, 0.25) is 0 Å². The zero-order valence-electron chi connectivity index (χ0n) is 17.5. The summed E-state index contributed by atoms with van der Waals surface area (Å²) in [5.74, 6) is -0.338. The van der Waals surface area contributed by atoms with E-state index in [4.69, 9.17) is 16.3 Å². The first-order valence-corrected chi connectivity index (χ1v) is 10.9. The summed E-state index contributed by atoms with van der Waals surface area (Å²) in [6.45, 7) is 6.12. The summed E-state index contributed by atoms with van der Waals surface area (Å²) in [7, 11) is 0. The number of hydrogen-bond donors (Lipinski definition) is 3. The number of hydrogen-bond acceptors (Lipinski definition) is 5. The molecule has 1 unspecified atom stereocenters. The van der Waals surface area contributed by atoms with Crippen LogP contribution in [0, 0.1) is 5.92 Å². The molecule has 0 heterocycles. The molecule has 2 aromatic rings. The van der Waals surface area contributed by atoms with Crippen molar-refractivity contribution < 1.29 is 19.4 Å². The maximum atomic E-state index is 12.6. The lowest BCUT2D eigenvalue weighted by molar-refractivity contribution is -0.123. The molecule has 0 aliphatic carbocycles. The third-order valence-electron chi connectivity index (χ3n) is 4.17. The van der Waals surface area contributed by atoms with E-state index in [9.17, 15) is 14.7 Å². The molecule has 0 spiro atoms. The normalized spacial score (nSPS) is 12.1. The monoisotopic (exact) mass is 509 g/mol. The fourth-order valence-corrected chi connectivity index (χ4v) is 3.31. The van der Waals surface area contributed by atoms with Gasteiger partial charge in [0, 0.05) is 10.6 Å². The number of aromatic hydroxyl groups is 1. The Labute approximate surface area is 195 Å². The fraction of sp³-hybridized carbons (Fsp3) is 0.318. The number of carbonyl (C=O) groups excluding carboxylic acids is 2. The third kappa shape index (κ3) is 7.56. The number of nitrogens with one attached hydrogen (secondary N) is 2. The quantitative estimate of drug-likeness (QED) is 0.341. The third-order valence-corrected chi connectivity index (χ3v) is 5.03. The molecule has 0 fully saturated rings. The zero-order valence-corrected chi connectivity index (χ0v) is 19.8. The lowest BCUT2D eigenvalue weighted by Gasteiger charge is -2.19. The van der Waals surface area contributed by atoms with Gasteiger partial charge in [0.05, 0.1) is 17.3 Å². The van der Waals surface area contributed by atoms with Gasteiger partial charge in [0.1, 0.15) is 6.04 Å². The maximum absolute atomic E-state index is 12.6. The van der Waals surface area contributed by atoms with E-state index < -0.39 is 11.9 Å². The van der Waals surface area contributed by atoms with Gasteiger partial charge in [-0.2, -0.15) is 5.10 Å². The molecule has 2 aromatic carbocycles. The maximum Gasteiger partial charge on any atom is 0.262 e. The Balaban J connectivity index is 2.08. The van der Waals surface area contributed by atoms with Crippen LogP contribution in [0.1, 0.15) is 43.1 Å². The van der Waals surface area contributed by atoms with Gasteiger partial charge >= 0.3 is 0 Å². The van der Waals surface area contributed by atoms with E-state index in [1.54, 1.807) is 36.4 Å². The molecule has 31 heavy (non-hydrogen) atoms. The van der Waals surface area contributed by atoms with E-state index in [1.807, 2.05) is 20.8 Å². The van der Waals surface area contributed by atoms with Crippen LogP contribution in [0.2, 0.25) is 5.02 Å². The van der Waals surface area contributed by atoms with Gasteiger partial charge in [-0.05, 0) is 77.2 Å². The highest BCUT2D eigenvalue weighted by molar-refractivity contribution is 9.10. The van der Waals surface area contributed by atoms with Crippen LogP contribution in [0.15, 0.2) is 46.0 Å². The molecule has 0 aliphatic heterocycles. The van der Waals surface area contributed by atoms with E-state index in [1.165, 1.54) is 6.21 Å². The number of benzene rings is 2. The molecule has 0 saturated carbocycles. The molecular weight excluding hydrogens is 486 g/mol. The average molecular weight is 511 g/mol. The second-order valence-corrected chi connectivity index (χ2v) is 8.47. The number of ether oxygens (including phenoxy) is 1. The number of halogens is 2. The summed E-state index contributed by atoms with van der Waals surface area (Å²) in [6.07, 6.45) is 1.87. The van der Waals surface area contributed by atoms with Crippen molar-refractivity contribution in [2.24, 2.45) is 11.0 Å². The number of rotatable bonds is 9. The van der Waals surface area contributed by atoms with Crippen molar-refractivity contribution in [1.82, 2.24) is 10.7 Å². The molecule has 3 N–H and O–H groups in total. The number of phenolic OH excluding ortho intramolecular Hbond substituents is 1. The Bertz CT molecular complexity index is 949. The van der Waals surface area contributed by atoms with Crippen molar-refractivity contribution in [2.75, 3.05) is 6.61 Å². The Kier molecular flexibility index (Phi) is 9.33. The van der Waals surface area contributed by atoms with Crippen LogP contribution in [0.25, 0.3) is 0 Å². The fourth-order valence-electron chi connectivity index (χ4n) is 2.73. The van der Waals surface area contributed by atoms with Gasteiger partial charge in [0.15, 0.2) is 11.5 Å². The van der Waals surface area contributed by atoms with Crippen molar-refractivity contribution in [3.63, 3.8) is 0 Å². The average Bonchev–Trinajstić information content (AvgIpc) is 2.71. The van der Waals surface area contributed by atoms with Gasteiger partial charge in [0.25, 0.3) is 11.8 Å². The molecule has 2 amide bonds. The highest BCUT2D eigenvalue weighted by Crippen LogP contribution is 2.35. The second-order valence-electron chi connectivity index (χ2n) is 7.18. The predicted molar refractivity (Wildman–Crippen MR) is 125 cm³/mol. The SMILES string of the molecule is CCOc1cc(/C=N/NC(=O)C(CC(C)C)NC(=O)c2ccc(Cl)cc2)cc(Br)c1O. The van der Waals surface area contributed by atoms with E-state index in [0.29, 0.717) is 39.4 Å². The summed E-state index contributed by atoms with van der Waals surface area (Å²) in [5, 5.41) is 17.2. The van der Waals surface area contributed by atoms with Gasteiger partial charge in [-0.25, -0.2) is 5.43 Å². The minimum atomic E-state index is -0.758. The first kappa shape index (κ1) is 24.7. The minimum absolute atomic E-state index is 0.00931. The van der Waals surface area contributed by atoms with Gasteiger partial charge in [-0.3, -0.25) is 9.59 Å². The smallest absolute Gasteiger partial charge is 0.262 e. The second kappa shape index (κ2) is 11.7. The van der Waals surface area contributed by atoms with Crippen LogP contribution in [-0.2, 0) is 4.79 Å². The van der Waals surface area contributed by atoms with Gasteiger partial charge in [-0.15, -0.1) is 0 Å². The Morgan fingerprint density at radius 2 is 1.94 bits per heavy atom. The Morgan fingerprint density at radius 3 is 2.55 bits per heavy atom. The summed E-state index contributed by atoms with van der Waals surface area (Å²) < 4.78 is 5.82. The lowest BCUT2D eigenvalue weighted by Crippen LogP contribution is -2.46. The highest BCUT2D eigenvalue weighted by atomic mass is 79.9. The summed E-state index contributed by atoms with van der Waals surface area (Å²) in [6, 6.07) is 8.91. The Morgan fingerprint density at radius 1 is 1.26 bits per heavy atom. The molecule has 9 heteroatoms. The summed E-state index contributed by atoms with van der Waals surface area (Å²) in [5.41, 5.74) is 3.48. The molecule has 0 radical (unpaired) electrons. The summed E-state index contributed by atoms with van der Waals surface area (Å²) in [4.78, 5) is 25.1. The molecule has 0 bridgehead atoms. The lowest BCUT2D eigenvalue weighted by atomic mass is 10.0. The van der Waals surface area contributed by atoms with E-state index >= 15 is 0 Å². The van der Waals surface area contributed by atoms with Gasteiger partial charge < -0.3 is 15.2 Å². The van der Waals surface area contributed by atoms with Crippen molar-refractivity contribution in [2.45, 2.75) is 33.2 Å². The molecule has 0 aliphatic rings. The molecular formula is C22H25BrClN3O4. The van der Waals surface area contributed by atoms with Crippen LogP contribution in [0.5, 0.6) is 11.5 Å². The predicted octanol–water partition coefficient (Wildman–Crippen LogP) is 4.50. The molecule has 0 saturated heterocycles. The van der Waals surface area contributed by atoms with Crippen molar-refractivity contribution in [3.05, 3.63) is 57.0 Å². The molecule has 0 aromatic heterocycles. The Hall–Kier alpha value is -2.58. The zero-order chi connectivity index (χ0) is 23.0. The number of amides is 2. The van der Waals surface area contributed by atoms with E-state index in [0.717, 1.165) is 0 Å². The van der Waals surface area contributed by atoms with Crippen LogP contribution < -0.4 is 15.5 Å². The van der Waals surface area contributed by atoms with Crippen LogP contribution in [-0.4, -0.2) is 35.8 Å². The van der Waals surface area contributed by atoms with Crippen LogP contribution >= 0.6 is 27.5 Å². The largest absolute Gasteiger partial charge is 0.503 e. The van der Waals surface area contributed by atoms with Crippen molar-refractivity contribution >= 4 is 45.6 Å².